The number of para-hydroxylation sites is 1. The number of nitrogens with zero attached hydrogens (tertiary/aromatic N) is 4. The van der Waals surface area contributed by atoms with Gasteiger partial charge in [0.25, 0.3) is 5.91 Å². The molecule has 3 aromatic rings. The Morgan fingerprint density at radius 1 is 1.21 bits per heavy atom. The van der Waals surface area contributed by atoms with E-state index in [1.165, 1.54) is 42.7 Å². The van der Waals surface area contributed by atoms with Crippen molar-refractivity contribution in [3.63, 3.8) is 0 Å². The lowest BCUT2D eigenvalue weighted by Gasteiger charge is -2.10. The van der Waals surface area contributed by atoms with Crippen molar-refractivity contribution in [3.8, 4) is 0 Å². The monoisotopic (exact) mass is 325 g/mol. The van der Waals surface area contributed by atoms with Crippen LogP contribution in [-0.2, 0) is 0 Å². The van der Waals surface area contributed by atoms with Crippen LogP contribution in [0.15, 0.2) is 48.8 Å². The summed E-state index contributed by atoms with van der Waals surface area (Å²) in [5.41, 5.74) is 5.71. The Labute approximate surface area is 135 Å². The first kappa shape index (κ1) is 15.3. The first-order chi connectivity index (χ1) is 11.6. The van der Waals surface area contributed by atoms with Crippen molar-refractivity contribution >= 4 is 23.4 Å². The molecule has 9 heteroatoms. The van der Waals surface area contributed by atoms with Gasteiger partial charge in [0.15, 0.2) is 11.3 Å². The lowest BCUT2D eigenvalue weighted by atomic mass is 10.2. The second-order valence-corrected chi connectivity index (χ2v) is 4.73. The molecule has 120 valence electrons. The molecule has 2 heterocycles. The molecule has 0 amide bonds. The molecule has 0 aliphatic heterocycles. The number of hydrogen-bond donors (Lipinski definition) is 3. The first-order valence-corrected chi connectivity index (χ1v) is 6.84. The normalized spacial score (nSPS) is 10.4. The summed E-state index contributed by atoms with van der Waals surface area (Å²) in [6, 6.07) is 8.88. The van der Waals surface area contributed by atoms with Gasteiger partial charge in [0.05, 0.1) is 5.69 Å². The highest BCUT2D eigenvalue weighted by Gasteiger charge is 2.14. The van der Waals surface area contributed by atoms with Gasteiger partial charge in [-0.05, 0) is 24.3 Å². The molecule has 24 heavy (non-hydrogen) atoms. The number of halogens is 1. The average Bonchev–Trinajstić information content (AvgIpc) is 2.60. The van der Waals surface area contributed by atoms with Crippen molar-refractivity contribution in [1.29, 1.82) is 5.41 Å². The van der Waals surface area contributed by atoms with Crippen LogP contribution in [0, 0.1) is 11.2 Å². The number of carbonyl (C=O) groups is 1. The molecular formula is C15H12FN7O. The summed E-state index contributed by atoms with van der Waals surface area (Å²) in [7, 11) is 0. The molecule has 0 aliphatic carbocycles. The molecule has 8 nitrogen and oxygen atoms in total. The van der Waals surface area contributed by atoms with E-state index in [9.17, 15) is 9.18 Å². The van der Waals surface area contributed by atoms with Gasteiger partial charge in [-0.3, -0.25) is 15.2 Å². The van der Waals surface area contributed by atoms with Crippen LogP contribution in [0.5, 0.6) is 0 Å². The maximum atomic E-state index is 13.7. The summed E-state index contributed by atoms with van der Waals surface area (Å²) >= 11 is 0. The summed E-state index contributed by atoms with van der Waals surface area (Å²) in [4.78, 5) is 20.1. The largest absolute Gasteiger partial charge is 0.380 e. The number of rotatable bonds is 3. The van der Waals surface area contributed by atoms with Gasteiger partial charge in [-0.25, -0.2) is 4.39 Å². The molecule has 0 aliphatic rings. The second kappa shape index (κ2) is 6.24. The van der Waals surface area contributed by atoms with E-state index in [1.807, 2.05) is 0 Å². The number of hydrogen-bond acceptors (Lipinski definition) is 7. The lowest BCUT2D eigenvalue weighted by Crippen LogP contribution is -2.33. The summed E-state index contributed by atoms with van der Waals surface area (Å²) in [5.74, 6) is -1.41. The van der Waals surface area contributed by atoms with Gasteiger partial charge in [0, 0.05) is 18.0 Å². The highest BCUT2D eigenvalue weighted by molar-refractivity contribution is 5.95. The predicted molar refractivity (Wildman–Crippen MR) is 83.9 cm³/mol. The lowest BCUT2D eigenvalue weighted by molar-refractivity contribution is 0.0937. The van der Waals surface area contributed by atoms with Gasteiger partial charge in [-0.1, -0.05) is 12.1 Å². The van der Waals surface area contributed by atoms with Crippen LogP contribution < -0.4 is 16.5 Å². The molecule has 0 saturated heterocycles. The van der Waals surface area contributed by atoms with E-state index < -0.39 is 11.7 Å². The standard InChI is InChI=1S/C15H12FN7O/c16-10-3-1-2-4-11(10)20-15-21-12(17)13(18)23(22-15)14(24)9-5-7-19-8-6-9/h1-8,18H,(H3,17,20,21,22). The zero-order chi connectivity index (χ0) is 17.1. The maximum Gasteiger partial charge on any atom is 0.280 e. The van der Waals surface area contributed by atoms with Gasteiger partial charge in [0.2, 0.25) is 5.95 Å². The molecule has 3 rings (SSSR count). The van der Waals surface area contributed by atoms with Gasteiger partial charge in [-0.2, -0.15) is 9.67 Å². The number of nitrogens with two attached hydrogens (primary N) is 1. The van der Waals surface area contributed by atoms with Crippen molar-refractivity contribution in [2.24, 2.45) is 0 Å². The van der Waals surface area contributed by atoms with Gasteiger partial charge in [-0.15, -0.1) is 5.10 Å². The van der Waals surface area contributed by atoms with Crippen LogP contribution in [0.1, 0.15) is 10.4 Å². The highest BCUT2D eigenvalue weighted by atomic mass is 19.1. The van der Waals surface area contributed by atoms with Crippen LogP contribution in [0.2, 0.25) is 0 Å². The third-order valence-corrected chi connectivity index (χ3v) is 3.12. The summed E-state index contributed by atoms with van der Waals surface area (Å²) in [6.07, 6.45) is 2.89. The van der Waals surface area contributed by atoms with E-state index >= 15 is 0 Å². The Balaban J connectivity index is 2.02. The van der Waals surface area contributed by atoms with Crippen LogP contribution in [0.4, 0.5) is 21.8 Å². The number of anilines is 3. The quantitative estimate of drug-likeness (QED) is 0.667. The molecule has 0 bridgehead atoms. The number of benzene rings is 1. The molecule has 0 atom stereocenters. The summed E-state index contributed by atoms with van der Waals surface area (Å²) < 4.78 is 14.5. The van der Waals surface area contributed by atoms with E-state index in [-0.39, 0.29) is 28.5 Å². The Morgan fingerprint density at radius 2 is 1.92 bits per heavy atom. The summed E-state index contributed by atoms with van der Waals surface area (Å²) in [5, 5.41) is 14.4. The molecule has 2 aromatic heterocycles. The van der Waals surface area contributed by atoms with Gasteiger partial charge < -0.3 is 11.1 Å². The number of carbonyl (C=O) groups excluding carboxylic acids is 1. The minimum absolute atomic E-state index is 0.101. The fraction of sp³-hybridized carbons (Fsp3) is 0. The molecule has 4 N–H and O–H groups in total. The minimum atomic E-state index is -0.576. The second-order valence-electron chi connectivity index (χ2n) is 4.73. The smallest absolute Gasteiger partial charge is 0.280 e. The van der Waals surface area contributed by atoms with E-state index in [2.05, 4.69) is 20.4 Å². The van der Waals surface area contributed by atoms with Crippen molar-refractivity contribution < 1.29 is 9.18 Å². The molecule has 0 radical (unpaired) electrons. The molecule has 0 spiro atoms. The molecule has 0 unspecified atom stereocenters. The highest BCUT2D eigenvalue weighted by Crippen LogP contribution is 2.16. The molecule has 0 fully saturated rings. The van der Waals surface area contributed by atoms with E-state index in [0.717, 1.165) is 4.68 Å². The number of pyridine rings is 1. The number of aromatic nitrogens is 4. The number of nitrogens with one attached hydrogen (secondary N) is 2. The number of nitrogen functional groups attached to an aromatic ring is 1. The third kappa shape index (κ3) is 2.95. The van der Waals surface area contributed by atoms with Crippen molar-refractivity contribution in [1.82, 2.24) is 19.7 Å². The molecular weight excluding hydrogens is 313 g/mol. The Morgan fingerprint density at radius 3 is 2.62 bits per heavy atom. The van der Waals surface area contributed by atoms with Crippen molar-refractivity contribution in [2.75, 3.05) is 11.1 Å². The Kier molecular flexibility index (Phi) is 3.98. The zero-order valence-corrected chi connectivity index (χ0v) is 12.3. The minimum Gasteiger partial charge on any atom is -0.380 e. The topological polar surface area (TPSA) is 123 Å². The van der Waals surface area contributed by atoms with Gasteiger partial charge >= 0.3 is 0 Å². The predicted octanol–water partition coefficient (Wildman–Crippen LogP) is 1.31. The van der Waals surface area contributed by atoms with Crippen LogP contribution in [0.25, 0.3) is 0 Å². The fourth-order valence-corrected chi connectivity index (χ4v) is 1.94. The van der Waals surface area contributed by atoms with Crippen molar-refractivity contribution in [2.45, 2.75) is 0 Å². The molecule has 0 saturated carbocycles. The third-order valence-electron chi connectivity index (χ3n) is 3.12. The molecule has 1 aromatic carbocycles. The Bertz CT molecular complexity index is 956. The summed E-state index contributed by atoms with van der Waals surface area (Å²) in [6.45, 7) is 0. The zero-order valence-electron chi connectivity index (χ0n) is 12.3. The maximum absolute atomic E-state index is 13.7. The first-order valence-electron chi connectivity index (χ1n) is 6.84. The van der Waals surface area contributed by atoms with Gasteiger partial charge in [0.1, 0.15) is 5.82 Å². The van der Waals surface area contributed by atoms with E-state index in [1.54, 1.807) is 6.07 Å². The van der Waals surface area contributed by atoms with Crippen LogP contribution >= 0.6 is 0 Å². The van der Waals surface area contributed by atoms with Crippen LogP contribution in [0.3, 0.4) is 0 Å². The average molecular weight is 325 g/mol. The Hall–Kier alpha value is -3.62. The SMILES string of the molecule is N=c1c(N)nc(Nc2ccccc2F)nn1C(=O)c1ccncc1. The fourth-order valence-electron chi connectivity index (χ4n) is 1.94. The van der Waals surface area contributed by atoms with E-state index in [0.29, 0.717) is 0 Å². The van der Waals surface area contributed by atoms with E-state index in [4.69, 9.17) is 11.1 Å². The van der Waals surface area contributed by atoms with Crippen molar-refractivity contribution in [3.05, 3.63) is 65.7 Å². The van der Waals surface area contributed by atoms with Crippen LogP contribution in [-0.4, -0.2) is 25.7 Å².